The first-order valence-corrected chi connectivity index (χ1v) is 16.3. The van der Waals surface area contributed by atoms with Crippen LogP contribution in [0.2, 0.25) is 5.02 Å². The van der Waals surface area contributed by atoms with Gasteiger partial charge in [0.15, 0.2) is 23.9 Å². The summed E-state index contributed by atoms with van der Waals surface area (Å²) in [6, 6.07) is 9.52. The number of rotatable bonds is 5. The maximum atomic E-state index is 14.3. The van der Waals surface area contributed by atoms with E-state index >= 15 is 0 Å². The third-order valence-electron chi connectivity index (χ3n) is 8.07. The number of carbonyl (C=O) groups excluding carboxylic acids is 1. The van der Waals surface area contributed by atoms with Crippen LogP contribution in [-0.4, -0.2) is 80.0 Å². The van der Waals surface area contributed by atoms with Crippen molar-refractivity contribution in [2.75, 3.05) is 42.6 Å². The lowest BCUT2D eigenvalue weighted by Crippen LogP contribution is -2.30. The van der Waals surface area contributed by atoms with Crippen LogP contribution >= 0.6 is 11.6 Å². The van der Waals surface area contributed by atoms with E-state index in [0.717, 1.165) is 11.5 Å². The van der Waals surface area contributed by atoms with E-state index in [-0.39, 0.29) is 47.3 Å². The van der Waals surface area contributed by atoms with E-state index in [2.05, 4.69) is 15.3 Å². The molecule has 46 heavy (non-hydrogen) atoms. The summed E-state index contributed by atoms with van der Waals surface area (Å²) in [4.78, 5) is 29.9. The number of carbonyl (C=O) groups is 1. The first kappa shape index (κ1) is 30.4. The van der Waals surface area contributed by atoms with Gasteiger partial charge in [-0.3, -0.25) is 9.78 Å². The predicted octanol–water partition coefficient (Wildman–Crippen LogP) is 4.23. The zero-order chi connectivity index (χ0) is 32.2. The standard InChI is InChI=1S/C30H26ClF3N6O5S/c31-21-5-17(6-26-20(21)14-44-15-27(34)46(26,42)43)30(41)37-10-18-7-24-16(9-35-18)1-2-28(38-24)40-3-4-45-25-8-19(11-36-29(25)40)39-12-22(32)23(33)13-39/h1-2,5-9,11,22-23,27H,3-4,10,12-15H2,(H,37,41)/t22-,23-,27-/m1/s1. The van der Waals surface area contributed by atoms with Crippen LogP contribution in [0.1, 0.15) is 21.6 Å². The number of anilines is 3. The molecule has 0 radical (unpaired) electrons. The molecule has 4 aromatic rings. The van der Waals surface area contributed by atoms with E-state index in [1.165, 1.54) is 6.07 Å². The molecule has 16 heteroatoms. The number of halogens is 4. The maximum absolute atomic E-state index is 14.3. The molecule has 3 aliphatic heterocycles. The molecule has 3 atom stereocenters. The molecule has 7 rings (SSSR count). The molecular formula is C30H26ClF3N6O5S. The Morgan fingerprint density at radius 2 is 1.87 bits per heavy atom. The molecule has 240 valence electrons. The number of nitrogens with one attached hydrogen (secondary N) is 1. The van der Waals surface area contributed by atoms with Crippen LogP contribution in [0.5, 0.6) is 5.75 Å². The fourth-order valence-electron chi connectivity index (χ4n) is 5.60. The van der Waals surface area contributed by atoms with Gasteiger partial charge in [-0.1, -0.05) is 11.6 Å². The van der Waals surface area contributed by atoms with Crippen LogP contribution in [0.3, 0.4) is 0 Å². The zero-order valence-corrected chi connectivity index (χ0v) is 25.6. The van der Waals surface area contributed by atoms with Crippen molar-refractivity contribution in [3.05, 3.63) is 70.6 Å². The molecule has 3 aromatic heterocycles. The summed E-state index contributed by atoms with van der Waals surface area (Å²) in [7, 11) is -4.39. The van der Waals surface area contributed by atoms with Gasteiger partial charge in [0.05, 0.1) is 67.4 Å². The summed E-state index contributed by atoms with van der Waals surface area (Å²) in [6.45, 7) is -0.134. The van der Waals surface area contributed by atoms with Gasteiger partial charge in [-0.05, 0) is 30.3 Å². The van der Waals surface area contributed by atoms with E-state index < -0.39 is 40.2 Å². The Morgan fingerprint density at radius 3 is 2.67 bits per heavy atom. The van der Waals surface area contributed by atoms with Crippen molar-refractivity contribution in [2.24, 2.45) is 0 Å². The van der Waals surface area contributed by atoms with Crippen LogP contribution in [0.4, 0.5) is 30.5 Å². The van der Waals surface area contributed by atoms with Crippen LogP contribution in [0, 0.1) is 0 Å². The van der Waals surface area contributed by atoms with Crippen LogP contribution < -0.4 is 19.9 Å². The molecule has 6 heterocycles. The van der Waals surface area contributed by atoms with Crippen LogP contribution in [-0.2, 0) is 27.7 Å². The Morgan fingerprint density at radius 1 is 1.07 bits per heavy atom. The number of sulfone groups is 1. The van der Waals surface area contributed by atoms with Gasteiger partial charge in [-0.15, -0.1) is 0 Å². The summed E-state index contributed by atoms with van der Waals surface area (Å²) in [5, 5.41) is 3.43. The second-order valence-corrected chi connectivity index (χ2v) is 13.5. The molecule has 1 N–H and O–H groups in total. The SMILES string of the molecule is O=C(NCc1cc2nc(N3CCOc4cc(N5C[C@@H](F)[C@H](F)C5)cnc43)ccc2cn1)c1cc(Cl)c2c(c1)S(=O)(=O)[C@@H](F)COC2. The molecule has 1 aromatic carbocycles. The molecule has 3 aliphatic rings. The van der Waals surface area contributed by atoms with Gasteiger partial charge in [0.2, 0.25) is 15.3 Å². The van der Waals surface area contributed by atoms with Gasteiger partial charge >= 0.3 is 0 Å². The zero-order valence-electron chi connectivity index (χ0n) is 24.0. The van der Waals surface area contributed by atoms with Crippen molar-refractivity contribution in [1.29, 1.82) is 0 Å². The third-order valence-corrected chi connectivity index (χ3v) is 10.2. The van der Waals surface area contributed by atoms with Crippen LogP contribution in [0.25, 0.3) is 10.9 Å². The van der Waals surface area contributed by atoms with E-state index in [9.17, 15) is 26.4 Å². The highest BCUT2D eigenvalue weighted by Crippen LogP contribution is 2.38. The highest BCUT2D eigenvalue weighted by Gasteiger charge is 2.35. The maximum Gasteiger partial charge on any atom is 0.251 e. The van der Waals surface area contributed by atoms with E-state index in [1.807, 2.05) is 17.0 Å². The normalized spacial score (nSPS) is 22.1. The number of aromatic nitrogens is 3. The quantitative estimate of drug-likeness (QED) is 0.329. The van der Waals surface area contributed by atoms with Crippen molar-refractivity contribution in [1.82, 2.24) is 20.3 Å². The van der Waals surface area contributed by atoms with Gasteiger partial charge < -0.3 is 24.6 Å². The number of benzene rings is 1. The molecule has 0 saturated carbocycles. The highest BCUT2D eigenvalue weighted by molar-refractivity contribution is 7.92. The molecular weight excluding hydrogens is 649 g/mol. The van der Waals surface area contributed by atoms with E-state index in [4.69, 9.17) is 26.1 Å². The average Bonchev–Trinajstić information content (AvgIpc) is 3.34. The second-order valence-electron chi connectivity index (χ2n) is 11.1. The third kappa shape index (κ3) is 5.56. The minimum atomic E-state index is -4.39. The van der Waals surface area contributed by atoms with Crippen molar-refractivity contribution in [3.8, 4) is 5.75 Å². The summed E-state index contributed by atoms with van der Waals surface area (Å²) >= 11 is 6.27. The Kier molecular flexibility index (Phi) is 7.85. The lowest BCUT2D eigenvalue weighted by atomic mass is 10.1. The number of alkyl halides is 3. The lowest BCUT2D eigenvalue weighted by Gasteiger charge is -2.30. The molecule has 1 fully saturated rings. The molecule has 0 unspecified atom stereocenters. The summed E-state index contributed by atoms with van der Waals surface area (Å²) in [5.74, 6) is 0.950. The molecule has 1 saturated heterocycles. The predicted molar refractivity (Wildman–Crippen MR) is 163 cm³/mol. The fourth-order valence-corrected chi connectivity index (χ4v) is 7.29. The number of fused-ring (bicyclic) bond motifs is 3. The van der Waals surface area contributed by atoms with Crippen molar-refractivity contribution in [3.63, 3.8) is 0 Å². The highest BCUT2D eigenvalue weighted by atomic mass is 35.5. The van der Waals surface area contributed by atoms with E-state index in [1.54, 1.807) is 29.4 Å². The molecule has 0 aliphatic carbocycles. The minimum absolute atomic E-state index is 0.0162. The largest absolute Gasteiger partial charge is 0.488 e. The first-order chi connectivity index (χ1) is 22.1. The van der Waals surface area contributed by atoms with Crippen molar-refractivity contribution >= 4 is 55.6 Å². The van der Waals surface area contributed by atoms with Crippen LogP contribution in [0.15, 0.2) is 53.7 Å². The molecule has 11 nitrogen and oxygen atoms in total. The monoisotopic (exact) mass is 674 g/mol. The number of amides is 1. The number of nitrogens with zero attached hydrogens (tertiary/aromatic N) is 5. The Balaban J connectivity index is 1.10. The Bertz CT molecular complexity index is 1960. The number of pyridine rings is 3. The summed E-state index contributed by atoms with van der Waals surface area (Å²) in [6.07, 6.45) is 0.0855. The van der Waals surface area contributed by atoms with Gasteiger partial charge in [0.1, 0.15) is 12.4 Å². The number of ether oxygens (including phenoxy) is 2. The van der Waals surface area contributed by atoms with Gasteiger partial charge in [0, 0.05) is 33.8 Å². The number of hydrogen-bond donors (Lipinski definition) is 1. The Hall–Kier alpha value is -4.21. The fraction of sp³-hybridized carbons (Fsp3) is 0.333. The van der Waals surface area contributed by atoms with Gasteiger partial charge in [-0.2, -0.15) is 0 Å². The van der Waals surface area contributed by atoms with Crippen molar-refractivity contribution in [2.45, 2.75) is 35.9 Å². The smallest absolute Gasteiger partial charge is 0.251 e. The lowest BCUT2D eigenvalue weighted by molar-refractivity contribution is 0.0947. The molecule has 1 amide bonds. The summed E-state index contributed by atoms with van der Waals surface area (Å²) < 4.78 is 78.0. The Labute approximate surface area is 266 Å². The summed E-state index contributed by atoms with van der Waals surface area (Å²) in [5.41, 5.74) is -0.580. The minimum Gasteiger partial charge on any atom is -0.488 e. The molecule has 0 spiro atoms. The number of hydrogen-bond acceptors (Lipinski definition) is 10. The molecule has 0 bridgehead atoms. The van der Waals surface area contributed by atoms with Gasteiger partial charge in [0.25, 0.3) is 5.91 Å². The topological polar surface area (TPSA) is 127 Å². The van der Waals surface area contributed by atoms with Gasteiger partial charge in [-0.25, -0.2) is 31.6 Å². The second kappa shape index (κ2) is 11.9. The van der Waals surface area contributed by atoms with E-state index in [0.29, 0.717) is 47.4 Å². The average molecular weight is 675 g/mol. The van der Waals surface area contributed by atoms with Crippen molar-refractivity contribution < 1.29 is 35.9 Å². The first-order valence-electron chi connectivity index (χ1n) is 14.3.